The third-order valence-corrected chi connectivity index (χ3v) is 2.97. The Morgan fingerprint density at radius 2 is 1.83 bits per heavy atom. The highest BCUT2D eigenvalue weighted by molar-refractivity contribution is 5.45. The van der Waals surface area contributed by atoms with Gasteiger partial charge < -0.3 is 11.5 Å². The molecule has 1 aromatic heterocycles. The Labute approximate surface area is 107 Å². The van der Waals surface area contributed by atoms with E-state index in [1.807, 2.05) is 6.07 Å². The summed E-state index contributed by atoms with van der Waals surface area (Å²) < 4.78 is 0. The van der Waals surface area contributed by atoms with Gasteiger partial charge in [0.05, 0.1) is 0 Å². The molecule has 0 saturated carbocycles. The lowest BCUT2D eigenvalue weighted by Gasteiger charge is -2.13. The fraction of sp³-hybridized carbons (Fsp3) is 0.286. The normalized spacial score (nSPS) is 10.8. The molecule has 0 atom stereocenters. The van der Waals surface area contributed by atoms with Crippen molar-refractivity contribution in [2.75, 3.05) is 11.5 Å². The lowest BCUT2D eigenvalue weighted by atomic mass is 9.93. The van der Waals surface area contributed by atoms with Crippen molar-refractivity contribution in [1.82, 2.24) is 9.97 Å². The average molecular weight is 242 g/mol. The first-order valence-electron chi connectivity index (χ1n) is 6.02. The van der Waals surface area contributed by atoms with E-state index in [1.165, 1.54) is 11.1 Å². The summed E-state index contributed by atoms with van der Waals surface area (Å²) in [6.07, 6.45) is 2.44. The number of nitrogens with zero attached hydrogens (tertiary/aromatic N) is 2. The van der Waals surface area contributed by atoms with E-state index >= 15 is 0 Å². The summed E-state index contributed by atoms with van der Waals surface area (Å²) in [5, 5.41) is 0. The van der Waals surface area contributed by atoms with Crippen LogP contribution in [0.4, 0.5) is 11.8 Å². The van der Waals surface area contributed by atoms with Crippen molar-refractivity contribution in [3.8, 4) is 0 Å². The lowest BCUT2D eigenvalue weighted by molar-refractivity contribution is 0.847. The van der Waals surface area contributed by atoms with Crippen LogP contribution in [0.25, 0.3) is 0 Å². The average Bonchev–Trinajstić information content (AvgIpc) is 2.33. The van der Waals surface area contributed by atoms with Crippen molar-refractivity contribution in [1.29, 1.82) is 0 Å². The number of nitrogen functional groups attached to an aromatic ring is 2. The van der Waals surface area contributed by atoms with Gasteiger partial charge in [0.15, 0.2) is 0 Å². The Hall–Kier alpha value is -2.10. The van der Waals surface area contributed by atoms with E-state index in [1.54, 1.807) is 6.20 Å². The maximum Gasteiger partial charge on any atom is 0.221 e. The summed E-state index contributed by atoms with van der Waals surface area (Å²) in [6.45, 7) is 4.36. The SMILES string of the molecule is CC(C)c1ccccc1Cc1cnc(N)nc1N. The van der Waals surface area contributed by atoms with Crippen molar-refractivity contribution in [2.24, 2.45) is 0 Å². The van der Waals surface area contributed by atoms with E-state index < -0.39 is 0 Å². The van der Waals surface area contributed by atoms with Crippen LogP contribution in [-0.4, -0.2) is 9.97 Å². The first kappa shape index (κ1) is 12.4. The second-order valence-electron chi connectivity index (χ2n) is 4.67. The van der Waals surface area contributed by atoms with Crippen LogP contribution in [0.15, 0.2) is 30.5 Å². The van der Waals surface area contributed by atoms with Crippen LogP contribution in [0.1, 0.15) is 36.5 Å². The van der Waals surface area contributed by atoms with E-state index in [2.05, 4.69) is 42.0 Å². The monoisotopic (exact) mass is 242 g/mol. The van der Waals surface area contributed by atoms with Crippen LogP contribution in [0.2, 0.25) is 0 Å². The molecular formula is C14H18N4. The predicted molar refractivity (Wildman–Crippen MR) is 74.2 cm³/mol. The fourth-order valence-electron chi connectivity index (χ4n) is 2.03. The Balaban J connectivity index is 2.34. The highest BCUT2D eigenvalue weighted by atomic mass is 15.0. The van der Waals surface area contributed by atoms with Crippen molar-refractivity contribution in [3.63, 3.8) is 0 Å². The van der Waals surface area contributed by atoms with Gasteiger partial charge in [-0.15, -0.1) is 0 Å². The van der Waals surface area contributed by atoms with Gasteiger partial charge >= 0.3 is 0 Å². The van der Waals surface area contributed by atoms with Gasteiger partial charge in [-0.2, -0.15) is 4.98 Å². The Morgan fingerprint density at radius 1 is 1.11 bits per heavy atom. The maximum absolute atomic E-state index is 5.86. The minimum atomic E-state index is 0.216. The Morgan fingerprint density at radius 3 is 2.50 bits per heavy atom. The first-order chi connectivity index (χ1) is 8.58. The summed E-state index contributed by atoms with van der Waals surface area (Å²) in [6, 6.07) is 8.36. The van der Waals surface area contributed by atoms with Crippen molar-refractivity contribution in [2.45, 2.75) is 26.2 Å². The quantitative estimate of drug-likeness (QED) is 0.866. The number of hydrogen-bond donors (Lipinski definition) is 2. The van der Waals surface area contributed by atoms with Crippen LogP contribution in [0.5, 0.6) is 0 Å². The van der Waals surface area contributed by atoms with E-state index in [0.29, 0.717) is 11.7 Å². The summed E-state index contributed by atoms with van der Waals surface area (Å²) in [7, 11) is 0. The van der Waals surface area contributed by atoms with E-state index in [4.69, 9.17) is 11.5 Å². The number of aromatic nitrogens is 2. The third kappa shape index (κ3) is 2.59. The molecule has 4 N–H and O–H groups in total. The van der Waals surface area contributed by atoms with Crippen LogP contribution < -0.4 is 11.5 Å². The molecule has 18 heavy (non-hydrogen) atoms. The smallest absolute Gasteiger partial charge is 0.221 e. The van der Waals surface area contributed by atoms with Gasteiger partial charge in [0.25, 0.3) is 0 Å². The van der Waals surface area contributed by atoms with Crippen LogP contribution in [0.3, 0.4) is 0 Å². The number of nitrogens with two attached hydrogens (primary N) is 2. The minimum Gasteiger partial charge on any atom is -0.383 e. The summed E-state index contributed by atoms with van der Waals surface area (Å²) in [4.78, 5) is 7.99. The van der Waals surface area contributed by atoms with Gasteiger partial charge in [-0.1, -0.05) is 38.1 Å². The topological polar surface area (TPSA) is 77.8 Å². The van der Waals surface area contributed by atoms with Crippen molar-refractivity contribution in [3.05, 3.63) is 47.2 Å². The zero-order chi connectivity index (χ0) is 13.1. The van der Waals surface area contributed by atoms with Gasteiger partial charge in [-0.3, -0.25) is 0 Å². The molecule has 0 radical (unpaired) electrons. The molecule has 0 aliphatic rings. The maximum atomic E-state index is 5.86. The van der Waals surface area contributed by atoms with Gasteiger partial charge in [-0.25, -0.2) is 4.98 Å². The first-order valence-corrected chi connectivity index (χ1v) is 6.02. The number of hydrogen-bond acceptors (Lipinski definition) is 4. The zero-order valence-corrected chi connectivity index (χ0v) is 10.7. The predicted octanol–water partition coefficient (Wildman–Crippen LogP) is 2.36. The molecule has 2 aromatic rings. The Bertz CT molecular complexity index is 549. The van der Waals surface area contributed by atoms with E-state index in [0.717, 1.165) is 12.0 Å². The molecule has 0 unspecified atom stereocenters. The largest absolute Gasteiger partial charge is 0.383 e. The fourth-order valence-corrected chi connectivity index (χ4v) is 2.03. The molecule has 0 fully saturated rings. The molecule has 4 nitrogen and oxygen atoms in total. The van der Waals surface area contributed by atoms with Gasteiger partial charge in [-0.05, 0) is 17.0 Å². The number of anilines is 2. The van der Waals surface area contributed by atoms with Crippen molar-refractivity contribution >= 4 is 11.8 Å². The van der Waals surface area contributed by atoms with E-state index in [9.17, 15) is 0 Å². The molecule has 4 heteroatoms. The molecule has 0 spiro atoms. The van der Waals surface area contributed by atoms with Gasteiger partial charge in [0, 0.05) is 18.2 Å². The molecule has 2 rings (SSSR count). The molecule has 94 valence electrons. The van der Waals surface area contributed by atoms with E-state index in [-0.39, 0.29) is 5.95 Å². The molecule has 1 heterocycles. The summed E-state index contributed by atoms with van der Waals surface area (Å²) >= 11 is 0. The summed E-state index contributed by atoms with van der Waals surface area (Å²) in [5.41, 5.74) is 14.9. The number of benzene rings is 1. The molecule has 0 saturated heterocycles. The molecular weight excluding hydrogens is 224 g/mol. The lowest BCUT2D eigenvalue weighted by Crippen LogP contribution is -2.05. The Kier molecular flexibility index (Phi) is 3.46. The third-order valence-electron chi connectivity index (χ3n) is 2.97. The highest BCUT2D eigenvalue weighted by Gasteiger charge is 2.09. The van der Waals surface area contributed by atoms with Crippen LogP contribution >= 0.6 is 0 Å². The van der Waals surface area contributed by atoms with Crippen molar-refractivity contribution < 1.29 is 0 Å². The van der Waals surface area contributed by atoms with Gasteiger partial charge in [0.1, 0.15) is 5.82 Å². The molecule has 1 aromatic carbocycles. The standard InChI is InChI=1S/C14H18N4/c1-9(2)12-6-4-3-5-10(12)7-11-8-17-14(16)18-13(11)15/h3-6,8-9H,7H2,1-2H3,(H4,15,16,17,18). The molecule has 0 aliphatic heterocycles. The number of rotatable bonds is 3. The second kappa shape index (κ2) is 5.04. The summed E-state index contributed by atoms with van der Waals surface area (Å²) in [5.74, 6) is 1.16. The molecule has 0 bridgehead atoms. The van der Waals surface area contributed by atoms with Crippen LogP contribution in [-0.2, 0) is 6.42 Å². The van der Waals surface area contributed by atoms with Crippen LogP contribution in [0, 0.1) is 0 Å². The minimum absolute atomic E-state index is 0.216. The second-order valence-corrected chi connectivity index (χ2v) is 4.67. The molecule has 0 aliphatic carbocycles. The molecule has 0 amide bonds. The highest BCUT2D eigenvalue weighted by Crippen LogP contribution is 2.23. The zero-order valence-electron chi connectivity index (χ0n) is 10.7. The van der Waals surface area contributed by atoms with Gasteiger partial charge in [0.2, 0.25) is 5.95 Å².